The highest BCUT2D eigenvalue weighted by Crippen LogP contribution is 2.40. The molecule has 1 saturated heterocycles. The summed E-state index contributed by atoms with van der Waals surface area (Å²) in [6.45, 7) is 2.59. The van der Waals surface area contributed by atoms with Gasteiger partial charge in [-0.15, -0.1) is 0 Å². The first-order chi connectivity index (χ1) is 15.4. The van der Waals surface area contributed by atoms with Crippen LogP contribution < -0.4 is 5.32 Å². The van der Waals surface area contributed by atoms with Gasteiger partial charge in [0, 0.05) is 43.7 Å². The van der Waals surface area contributed by atoms with Gasteiger partial charge in [0.15, 0.2) is 0 Å². The Morgan fingerprint density at radius 3 is 2.69 bits per heavy atom. The summed E-state index contributed by atoms with van der Waals surface area (Å²) >= 11 is 0. The normalized spacial score (nSPS) is 22.4. The van der Waals surface area contributed by atoms with Gasteiger partial charge in [0.25, 0.3) is 0 Å². The number of H-pyrrole nitrogens is 1. The average molecular weight is 460 g/mol. The van der Waals surface area contributed by atoms with Crippen LogP contribution >= 0.6 is 10.6 Å². The molecule has 4 N–H and O–H groups in total. The van der Waals surface area contributed by atoms with Crippen LogP contribution in [0.15, 0.2) is 24.4 Å². The van der Waals surface area contributed by atoms with Crippen molar-refractivity contribution in [1.82, 2.24) is 19.8 Å². The number of aromatic amines is 1. The molecule has 0 spiro atoms. The first kappa shape index (κ1) is 21.4. The van der Waals surface area contributed by atoms with Crippen molar-refractivity contribution < 1.29 is 18.7 Å². The van der Waals surface area contributed by atoms with Crippen LogP contribution in [-0.2, 0) is 9.59 Å². The molecule has 0 radical (unpaired) electrons. The zero-order chi connectivity index (χ0) is 22.3. The smallest absolute Gasteiger partial charge is 0.236 e. The van der Waals surface area contributed by atoms with E-state index in [1.165, 1.54) is 5.57 Å². The molecule has 2 aromatic heterocycles. The zero-order valence-electron chi connectivity index (χ0n) is 17.9. The van der Waals surface area contributed by atoms with Crippen molar-refractivity contribution in [3.05, 3.63) is 30.0 Å². The summed E-state index contributed by atoms with van der Waals surface area (Å²) < 4.78 is 19.5. The molecule has 4 heterocycles. The first-order valence-corrected chi connectivity index (χ1v) is 13.0. The van der Waals surface area contributed by atoms with E-state index in [0.717, 1.165) is 42.4 Å². The Morgan fingerprint density at radius 1 is 1.22 bits per heavy atom. The van der Waals surface area contributed by atoms with Gasteiger partial charge in [-0.3, -0.25) is 23.6 Å². The number of amides is 2. The van der Waals surface area contributed by atoms with E-state index in [0.29, 0.717) is 32.0 Å². The van der Waals surface area contributed by atoms with E-state index in [4.69, 9.17) is 0 Å². The van der Waals surface area contributed by atoms with Crippen LogP contribution in [0.1, 0.15) is 24.8 Å². The van der Waals surface area contributed by atoms with Crippen LogP contribution in [0.5, 0.6) is 0 Å². The molecule has 5 rings (SSSR count). The Bertz CT molecular complexity index is 1070. The lowest BCUT2D eigenvalue weighted by atomic mass is 9.97. The molecule has 0 unspecified atom stereocenters. The fraction of sp³-hybridized carbons (Fsp3) is 0.500. The molecule has 2 amide bonds. The molecule has 2 aliphatic heterocycles. The first-order valence-electron chi connectivity index (χ1n) is 11.1. The lowest BCUT2D eigenvalue weighted by Crippen LogP contribution is -2.47. The number of anilines is 1. The molecule has 0 aromatic carbocycles. The minimum absolute atomic E-state index is 0.0376. The molecular formula is C22H29N5O4S. The van der Waals surface area contributed by atoms with Crippen molar-refractivity contribution in [3.63, 3.8) is 0 Å². The van der Waals surface area contributed by atoms with Gasteiger partial charge in [0.1, 0.15) is 11.5 Å². The number of rotatable bonds is 5. The minimum Gasteiger partial charge on any atom is -0.346 e. The van der Waals surface area contributed by atoms with Crippen LogP contribution in [0.2, 0.25) is 0 Å². The second-order valence-corrected chi connectivity index (χ2v) is 11.3. The van der Waals surface area contributed by atoms with Gasteiger partial charge < -0.3 is 15.2 Å². The molecule has 2 fully saturated rings. The van der Waals surface area contributed by atoms with Gasteiger partial charge in [0.05, 0.1) is 18.1 Å². The summed E-state index contributed by atoms with van der Waals surface area (Å²) in [6.07, 6.45) is 6.70. The number of nitrogens with zero attached hydrogens (tertiary/aromatic N) is 3. The Morgan fingerprint density at radius 2 is 2.00 bits per heavy atom. The van der Waals surface area contributed by atoms with Crippen LogP contribution in [0.4, 0.5) is 5.82 Å². The Balaban J connectivity index is 1.26. The second-order valence-electron chi connectivity index (χ2n) is 8.86. The van der Waals surface area contributed by atoms with Crippen LogP contribution in [-0.4, -0.2) is 84.9 Å². The van der Waals surface area contributed by atoms with Crippen LogP contribution in [0, 0.1) is 5.92 Å². The van der Waals surface area contributed by atoms with E-state index in [1.54, 1.807) is 4.90 Å². The zero-order valence-corrected chi connectivity index (χ0v) is 18.7. The summed E-state index contributed by atoms with van der Waals surface area (Å²) in [5.41, 5.74) is 3.01. The Kier molecular flexibility index (Phi) is 5.70. The molecule has 1 aliphatic carbocycles. The lowest BCUT2D eigenvalue weighted by molar-refractivity contribution is -0.132. The summed E-state index contributed by atoms with van der Waals surface area (Å²) in [4.78, 5) is 36.4. The molecule has 0 bridgehead atoms. The number of aromatic nitrogens is 2. The van der Waals surface area contributed by atoms with E-state index < -0.39 is 10.6 Å². The molecule has 172 valence electrons. The molecule has 3 aliphatic rings. The van der Waals surface area contributed by atoms with E-state index in [2.05, 4.69) is 26.3 Å². The predicted octanol–water partition coefficient (Wildman–Crippen LogP) is 2.59. The second kappa shape index (κ2) is 8.51. The van der Waals surface area contributed by atoms with Gasteiger partial charge in [-0.05, 0) is 42.5 Å². The van der Waals surface area contributed by atoms with Crippen LogP contribution in [0.25, 0.3) is 16.6 Å². The number of carbonyl (C=O) groups is 2. The Hall–Kier alpha value is -2.40. The molecule has 32 heavy (non-hydrogen) atoms. The number of hydrogen-bond acceptors (Lipinski definition) is 6. The van der Waals surface area contributed by atoms with Gasteiger partial charge in [-0.1, -0.05) is 6.08 Å². The van der Waals surface area contributed by atoms with Gasteiger partial charge in [0.2, 0.25) is 11.8 Å². The fourth-order valence-corrected chi connectivity index (χ4v) is 5.54. The molecule has 2 aromatic rings. The summed E-state index contributed by atoms with van der Waals surface area (Å²) in [5, 5.41) is 3.98. The molecule has 9 nitrogen and oxygen atoms in total. The summed E-state index contributed by atoms with van der Waals surface area (Å²) in [7, 11) is -2.50. The average Bonchev–Trinajstić information content (AvgIpc) is 3.52. The predicted molar refractivity (Wildman–Crippen MR) is 126 cm³/mol. The fourth-order valence-electron chi connectivity index (χ4n) is 4.31. The number of fused-ring (bicyclic) bond motifs is 1. The Labute approximate surface area is 188 Å². The van der Waals surface area contributed by atoms with Crippen molar-refractivity contribution in [1.29, 1.82) is 0 Å². The van der Waals surface area contributed by atoms with Crippen molar-refractivity contribution in [2.75, 3.05) is 49.5 Å². The van der Waals surface area contributed by atoms with E-state index in [1.807, 2.05) is 18.3 Å². The maximum Gasteiger partial charge on any atom is 0.236 e. The highest BCUT2D eigenvalue weighted by atomic mass is 32.3. The van der Waals surface area contributed by atoms with E-state index >= 15 is 0 Å². The monoisotopic (exact) mass is 459 g/mol. The SMILES string of the molecule is O=C(Nc1cc(C2=CCN(CC(=O)N3CCS(O)(O)CC3)CC2)c2cc[nH]c2n1)C1CC1. The molecule has 10 heteroatoms. The van der Waals surface area contributed by atoms with Gasteiger partial charge in [-0.25, -0.2) is 4.98 Å². The standard InChI is InChI=1S/C22H29N5O4S/c28-20(27-9-11-32(30,31)12-10-27)14-26-7-4-15(5-8-26)18-13-19(25-22(29)16-1-2-16)24-21-17(18)3-6-23-21/h3-4,6,13,16,30-31H,1-2,5,7-12,14H2,(H2,23,24,25,29). The van der Waals surface area contributed by atoms with Crippen molar-refractivity contribution >= 4 is 44.8 Å². The van der Waals surface area contributed by atoms with E-state index in [-0.39, 0.29) is 29.2 Å². The maximum atomic E-state index is 12.6. The van der Waals surface area contributed by atoms with Gasteiger partial charge >= 0.3 is 0 Å². The number of hydrogen-bond donors (Lipinski definition) is 4. The van der Waals surface area contributed by atoms with Crippen molar-refractivity contribution in [2.45, 2.75) is 19.3 Å². The van der Waals surface area contributed by atoms with Crippen molar-refractivity contribution in [2.24, 2.45) is 5.92 Å². The topological polar surface area (TPSA) is 122 Å². The van der Waals surface area contributed by atoms with Crippen LogP contribution in [0.3, 0.4) is 0 Å². The van der Waals surface area contributed by atoms with Gasteiger partial charge in [-0.2, -0.15) is 10.6 Å². The molecule has 1 saturated carbocycles. The third kappa shape index (κ3) is 4.68. The van der Waals surface area contributed by atoms with E-state index in [9.17, 15) is 18.7 Å². The quantitative estimate of drug-likeness (QED) is 0.545. The minimum atomic E-state index is -2.50. The third-order valence-electron chi connectivity index (χ3n) is 6.46. The lowest BCUT2D eigenvalue weighted by Gasteiger charge is -2.41. The maximum absolute atomic E-state index is 12.6. The number of pyridine rings is 1. The number of carbonyl (C=O) groups excluding carboxylic acids is 2. The highest BCUT2D eigenvalue weighted by Gasteiger charge is 2.30. The molecule has 0 atom stereocenters. The summed E-state index contributed by atoms with van der Waals surface area (Å²) in [5.74, 6) is 1.32. The summed E-state index contributed by atoms with van der Waals surface area (Å²) in [6, 6.07) is 3.96. The largest absolute Gasteiger partial charge is 0.346 e. The third-order valence-corrected chi connectivity index (χ3v) is 8.13. The van der Waals surface area contributed by atoms with Crippen molar-refractivity contribution in [3.8, 4) is 0 Å². The number of nitrogens with one attached hydrogen (secondary N) is 2. The molecular weight excluding hydrogens is 430 g/mol. The highest BCUT2D eigenvalue weighted by molar-refractivity contribution is 8.24.